The Morgan fingerprint density at radius 3 is 1.20 bits per heavy atom. The highest BCUT2D eigenvalue weighted by molar-refractivity contribution is 4.50. The molecule has 0 unspecified atom stereocenters. The van der Waals surface area contributed by atoms with E-state index < -0.39 is 0 Å². The van der Waals surface area contributed by atoms with E-state index in [1.807, 2.05) is 0 Å². The molecule has 0 aromatic heterocycles. The van der Waals surface area contributed by atoms with E-state index in [1.165, 1.54) is 122 Å². The zero-order valence-electron chi connectivity index (χ0n) is 18.4. The SMILES string of the molecule is CCCCCCCCCCCCCCCCCCN[N+](C)(C)CCC. The Labute approximate surface area is 160 Å². The van der Waals surface area contributed by atoms with Crippen molar-refractivity contribution in [2.45, 2.75) is 123 Å². The van der Waals surface area contributed by atoms with Gasteiger partial charge < -0.3 is 0 Å². The average molecular weight is 356 g/mol. The van der Waals surface area contributed by atoms with Crippen molar-refractivity contribution in [3.8, 4) is 0 Å². The van der Waals surface area contributed by atoms with Crippen LogP contribution in [0, 0.1) is 0 Å². The quantitative estimate of drug-likeness (QED) is 0.138. The summed E-state index contributed by atoms with van der Waals surface area (Å²) in [5, 5.41) is 0. The van der Waals surface area contributed by atoms with E-state index in [1.54, 1.807) is 0 Å². The van der Waals surface area contributed by atoms with Crippen LogP contribution in [-0.2, 0) is 0 Å². The summed E-state index contributed by atoms with van der Waals surface area (Å²) >= 11 is 0. The van der Waals surface area contributed by atoms with Gasteiger partial charge in [0, 0.05) is 6.54 Å². The molecule has 25 heavy (non-hydrogen) atoms. The molecule has 0 aliphatic heterocycles. The minimum absolute atomic E-state index is 0.968. The highest BCUT2D eigenvalue weighted by Crippen LogP contribution is 2.13. The second-order valence-corrected chi connectivity index (χ2v) is 8.62. The van der Waals surface area contributed by atoms with E-state index >= 15 is 0 Å². The maximum Gasteiger partial charge on any atom is 0.0955 e. The van der Waals surface area contributed by atoms with Gasteiger partial charge in [-0.2, -0.15) is 5.43 Å². The molecule has 0 saturated carbocycles. The molecule has 0 saturated heterocycles. The van der Waals surface area contributed by atoms with Crippen molar-refractivity contribution in [3.05, 3.63) is 0 Å². The van der Waals surface area contributed by atoms with Crippen LogP contribution in [-0.4, -0.2) is 31.8 Å². The van der Waals surface area contributed by atoms with Crippen LogP contribution in [0.3, 0.4) is 0 Å². The zero-order chi connectivity index (χ0) is 18.6. The lowest BCUT2D eigenvalue weighted by Crippen LogP contribution is -2.52. The molecule has 0 rings (SSSR count). The van der Waals surface area contributed by atoms with E-state index in [2.05, 4.69) is 33.4 Å². The first-order valence-electron chi connectivity index (χ1n) is 11.7. The predicted octanol–water partition coefficient (Wildman–Crippen LogP) is 7.24. The highest BCUT2D eigenvalue weighted by Gasteiger charge is 2.11. The first-order chi connectivity index (χ1) is 12.1. The largest absolute Gasteiger partial charge is 0.251 e. The summed E-state index contributed by atoms with van der Waals surface area (Å²) in [6.45, 7) is 6.95. The Kier molecular flexibility index (Phi) is 18.6. The molecule has 0 aromatic rings. The van der Waals surface area contributed by atoms with Gasteiger partial charge in [0.15, 0.2) is 0 Å². The second kappa shape index (κ2) is 18.7. The standard InChI is InChI=1S/C23H51N2/c1-5-7-8-9-10-11-12-13-14-15-16-17-18-19-20-21-22-24-25(3,4)23-6-2/h24H,5-23H2,1-4H3/q+1. The van der Waals surface area contributed by atoms with Crippen molar-refractivity contribution in [1.29, 1.82) is 0 Å². The Morgan fingerprint density at radius 1 is 0.480 bits per heavy atom. The number of rotatable bonds is 20. The average Bonchev–Trinajstić information content (AvgIpc) is 2.57. The van der Waals surface area contributed by atoms with Gasteiger partial charge in [-0.15, -0.1) is 0 Å². The summed E-state index contributed by atoms with van der Waals surface area (Å²) in [5.41, 5.74) is 3.65. The Morgan fingerprint density at radius 2 is 0.840 bits per heavy atom. The van der Waals surface area contributed by atoms with Crippen LogP contribution in [0.1, 0.15) is 123 Å². The Bertz CT molecular complexity index is 250. The molecule has 152 valence electrons. The molecule has 0 bridgehead atoms. The number of quaternary nitrogens is 1. The highest BCUT2D eigenvalue weighted by atomic mass is 15.6. The number of hydrogen-bond donors (Lipinski definition) is 1. The topological polar surface area (TPSA) is 12.0 Å². The molecule has 0 radical (unpaired) electrons. The molecular weight excluding hydrogens is 304 g/mol. The van der Waals surface area contributed by atoms with Gasteiger partial charge in [-0.25, -0.2) is 0 Å². The van der Waals surface area contributed by atoms with Crippen LogP contribution in [0.25, 0.3) is 0 Å². The van der Waals surface area contributed by atoms with Crippen molar-refractivity contribution >= 4 is 0 Å². The van der Waals surface area contributed by atoms with Gasteiger partial charge in [0.1, 0.15) is 0 Å². The normalized spacial score (nSPS) is 12.0. The summed E-state index contributed by atoms with van der Waals surface area (Å²) in [7, 11) is 4.55. The summed E-state index contributed by atoms with van der Waals surface area (Å²) < 4.78 is 0.968. The predicted molar refractivity (Wildman–Crippen MR) is 115 cm³/mol. The number of nitrogens with one attached hydrogen (secondary N) is 1. The molecule has 2 nitrogen and oxygen atoms in total. The van der Waals surface area contributed by atoms with Crippen molar-refractivity contribution < 1.29 is 4.59 Å². The van der Waals surface area contributed by atoms with Gasteiger partial charge in [-0.1, -0.05) is 110 Å². The van der Waals surface area contributed by atoms with Crippen LogP contribution >= 0.6 is 0 Å². The van der Waals surface area contributed by atoms with E-state index in [4.69, 9.17) is 0 Å². The lowest BCUT2D eigenvalue weighted by Gasteiger charge is -2.29. The lowest BCUT2D eigenvalue weighted by molar-refractivity contribution is -0.934. The molecule has 0 aliphatic rings. The summed E-state index contributed by atoms with van der Waals surface area (Å²) in [4.78, 5) is 0. The van der Waals surface area contributed by atoms with Crippen molar-refractivity contribution in [2.75, 3.05) is 27.2 Å². The Balaban J connectivity index is 3.10. The fourth-order valence-electron chi connectivity index (χ4n) is 3.69. The monoisotopic (exact) mass is 355 g/mol. The molecular formula is C23H51N2+. The maximum atomic E-state index is 3.65. The van der Waals surface area contributed by atoms with Gasteiger partial charge in [0.25, 0.3) is 0 Å². The Hall–Kier alpha value is -0.0800. The minimum Gasteiger partial charge on any atom is -0.251 e. The molecule has 0 aromatic carbocycles. The van der Waals surface area contributed by atoms with Crippen molar-refractivity contribution in [2.24, 2.45) is 0 Å². The lowest BCUT2D eigenvalue weighted by atomic mass is 10.0. The first-order valence-corrected chi connectivity index (χ1v) is 11.7. The van der Waals surface area contributed by atoms with Crippen LogP contribution in [0.5, 0.6) is 0 Å². The second-order valence-electron chi connectivity index (χ2n) is 8.62. The fraction of sp³-hybridized carbons (Fsp3) is 1.00. The fourth-order valence-corrected chi connectivity index (χ4v) is 3.69. The van der Waals surface area contributed by atoms with Crippen molar-refractivity contribution in [1.82, 2.24) is 5.43 Å². The number of nitrogens with zero attached hydrogens (tertiary/aromatic N) is 1. The number of hydrogen-bond acceptors (Lipinski definition) is 1. The van der Waals surface area contributed by atoms with Gasteiger partial charge in [-0.3, -0.25) is 4.59 Å². The summed E-state index contributed by atoms with van der Waals surface area (Å²) in [6, 6.07) is 0. The number of unbranched alkanes of at least 4 members (excludes halogenated alkanes) is 15. The van der Waals surface area contributed by atoms with Crippen LogP contribution in [0.2, 0.25) is 0 Å². The van der Waals surface area contributed by atoms with Gasteiger partial charge in [-0.05, 0) is 12.8 Å². The van der Waals surface area contributed by atoms with E-state index in [0.717, 1.165) is 4.59 Å². The molecule has 0 amide bonds. The summed E-state index contributed by atoms with van der Waals surface area (Å²) in [6.07, 6.45) is 24.4. The van der Waals surface area contributed by atoms with E-state index in [-0.39, 0.29) is 0 Å². The van der Waals surface area contributed by atoms with Crippen LogP contribution in [0.15, 0.2) is 0 Å². The molecule has 0 aliphatic carbocycles. The first kappa shape index (κ1) is 24.9. The molecule has 0 heterocycles. The van der Waals surface area contributed by atoms with Crippen LogP contribution < -0.4 is 5.43 Å². The third-order valence-electron chi connectivity index (χ3n) is 5.35. The molecule has 2 heteroatoms. The molecule has 0 fully saturated rings. The van der Waals surface area contributed by atoms with Gasteiger partial charge in [0.2, 0.25) is 0 Å². The van der Waals surface area contributed by atoms with Crippen LogP contribution in [0.4, 0.5) is 0 Å². The molecule has 1 N–H and O–H groups in total. The maximum absolute atomic E-state index is 3.65. The molecule has 0 atom stereocenters. The third kappa shape index (κ3) is 20.1. The van der Waals surface area contributed by atoms with Crippen molar-refractivity contribution in [3.63, 3.8) is 0 Å². The smallest absolute Gasteiger partial charge is 0.0955 e. The van der Waals surface area contributed by atoms with E-state index in [0.29, 0.717) is 0 Å². The minimum atomic E-state index is 0.968. The van der Waals surface area contributed by atoms with E-state index in [9.17, 15) is 0 Å². The zero-order valence-corrected chi connectivity index (χ0v) is 18.4. The molecule has 0 spiro atoms. The summed E-state index contributed by atoms with van der Waals surface area (Å²) in [5.74, 6) is 0. The third-order valence-corrected chi connectivity index (χ3v) is 5.35. The van der Waals surface area contributed by atoms with Gasteiger partial charge >= 0.3 is 0 Å². The van der Waals surface area contributed by atoms with Gasteiger partial charge in [0.05, 0.1) is 20.6 Å².